The zero-order chi connectivity index (χ0) is 30.6. The molecule has 5 atom stereocenters. The highest BCUT2D eigenvalue weighted by atomic mass is 16.7. The van der Waals surface area contributed by atoms with E-state index in [9.17, 15) is 35.7 Å². The molecule has 230 valence electrons. The van der Waals surface area contributed by atoms with Gasteiger partial charge < -0.3 is 64.2 Å². The van der Waals surface area contributed by atoms with E-state index < -0.39 is 60.3 Å². The van der Waals surface area contributed by atoms with Crippen molar-refractivity contribution in [2.24, 2.45) is 0 Å². The second-order valence-electron chi connectivity index (χ2n) is 9.92. The van der Waals surface area contributed by atoms with Crippen LogP contribution in [0.15, 0.2) is 24.3 Å². The second kappa shape index (κ2) is 12.9. The van der Waals surface area contributed by atoms with Crippen LogP contribution in [0.25, 0.3) is 0 Å². The third-order valence-electron chi connectivity index (χ3n) is 7.50. The average molecular weight is 585 g/mol. The van der Waals surface area contributed by atoms with E-state index in [1.807, 2.05) is 6.92 Å². The minimum Gasteiger partial charge on any atom is -0.504 e. The van der Waals surface area contributed by atoms with Gasteiger partial charge in [-0.3, -0.25) is 0 Å². The molecule has 0 spiro atoms. The monoisotopic (exact) mass is 584 g/mol. The number of benzene rings is 2. The van der Waals surface area contributed by atoms with Crippen LogP contribution in [0.4, 0.5) is 0 Å². The zero-order valence-corrected chi connectivity index (χ0v) is 23.8. The smallest absolute Gasteiger partial charge is 0.200 e. The first kappa shape index (κ1) is 32.5. The molecule has 1 saturated heterocycles. The maximum absolute atomic E-state index is 12.5. The second-order valence-corrected chi connectivity index (χ2v) is 9.92. The maximum atomic E-state index is 12.5. The van der Waals surface area contributed by atoms with Gasteiger partial charge in [-0.05, 0) is 41.8 Å². The van der Waals surface area contributed by atoms with Gasteiger partial charge in [0.1, 0.15) is 6.10 Å². The van der Waals surface area contributed by atoms with Crippen molar-refractivity contribution in [3.05, 3.63) is 35.4 Å². The van der Waals surface area contributed by atoms with Gasteiger partial charge in [0.2, 0.25) is 11.5 Å². The molecule has 0 aliphatic carbocycles. The summed E-state index contributed by atoms with van der Waals surface area (Å²) in [5.74, 6) is -1.88. The van der Waals surface area contributed by atoms with Crippen LogP contribution < -0.4 is 14.2 Å². The Hall–Kier alpha value is -3.04. The molecule has 0 amide bonds. The van der Waals surface area contributed by atoms with Crippen LogP contribution in [-0.4, -0.2) is 108 Å². The van der Waals surface area contributed by atoms with Crippen LogP contribution in [-0.2, 0) is 26.2 Å². The Bertz CT molecular complexity index is 1160. The van der Waals surface area contributed by atoms with Crippen molar-refractivity contribution in [1.82, 2.24) is 0 Å². The largest absolute Gasteiger partial charge is 0.504 e. The standard InChI is InChI=1S/C28H40O13/c1-6-7-8-40-25-26(33,13-16-9-19(37-3)24(32)20(10-16)38-4)27(34,15-36-2)28(35,22(14-29)41-25)17-11-18(30)23(31)21(12-17)39-5/h9-12,22,25,29-35H,6-8,13-15H2,1-5H3/t22-,25-,26+,27+,28-/m1/s1. The van der Waals surface area contributed by atoms with Gasteiger partial charge in [-0.15, -0.1) is 0 Å². The number of aliphatic hydroxyl groups is 4. The quantitative estimate of drug-likeness (QED) is 0.130. The molecule has 1 fully saturated rings. The fourth-order valence-corrected chi connectivity index (χ4v) is 5.27. The number of phenols is 3. The number of methoxy groups -OCH3 is 4. The molecule has 2 aromatic rings. The lowest BCUT2D eigenvalue weighted by molar-refractivity contribution is -0.413. The first-order valence-electron chi connectivity index (χ1n) is 13.0. The van der Waals surface area contributed by atoms with E-state index in [1.165, 1.54) is 40.6 Å². The van der Waals surface area contributed by atoms with Crippen LogP contribution in [0.5, 0.6) is 34.5 Å². The van der Waals surface area contributed by atoms with Gasteiger partial charge in [0.25, 0.3) is 0 Å². The van der Waals surface area contributed by atoms with E-state index in [0.29, 0.717) is 6.42 Å². The van der Waals surface area contributed by atoms with Crippen molar-refractivity contribution in [2.75, 3.05) is 48.3 Å². The predicted octanol–water partition coefficient (Wildman–Crippen LogP) is 0.902. The van der Waals surface area contributed by atoms with Crippen LogP contribution in [0.1, 0.15) is 30.9 Å². The molecule has 0 radical (unpaired) electrons. The molecule has 0 bridgehead atoms. The van der Waals surface area contributed by atoms with Gasteiger partial charge in [0.05, 0.1) is 34.5 Å². The van der Waals surface area contributed by atoms with Gasteiger partial charge in [-0.2, -0.15) is 0 Å². The lowest BCUT2D eigenvalue weighted by Crippen LogP contribution is -2.81. The highest BCUT2D eigenvalue weighted by molar-refractivity contribution is 5.55. The molecule has 0 saturated carbocycles. The van der Waals surface area contributed by atoms with Gasteiger partial charge >= 0.3 is 0 Å². The van der Waals surface area contributed by atoms with Crippen molar-refractivity contribution in [3.63, 3.8) is 0 Å². The fourth-order valence-electron chi connectivity index (χ4n) is 5.27. The summed E-state index contributed by atoms with van der Waals surface area (Å²) in [5, 5.41) is 78.8. The van der Waals surface area contributed by atoms with Crippen molar-refractivity contribution >= 4 is 0 Å². The lowest BCUT2D eigenvalue weighted by atomic mass is 9.61. The number of hydrogen-bond acceptors (Lipinski definition) is 13. The fraction of sp³-hybridized carbons (Fsp3) is 0.571. The van der Waals surface area contributed by atoms with E-state index in [0.717, 1.165) is 18.6 Å². The summed E-state index contributed by atoms with van der Waals surface area (Å²) in [5.41, 5.74) is -7.93. The first-order chi connectivity index (χ1) is 19.4. The van der Waals surface area contributed by atoms with Gasteiger partial charge in [0.15, 0.2) is 46.1 Å². The lowest BCUT2D eigenvalue weighted by Gasteiger charge is -2.60. The number of hydrogen-bond donors (Lipinski definition) is 7. The Labute approximate surface area is 238 Å². The summed E-state index contributed by atoms with van der Waals surface area (Å²) in [7, 11) is 5.09. The summed E-state index contributed by atoms with van der Waals surface area (Å²) in [6.45, 7) is 0.438. The molecule has 41 heavy (non-hydrogen) atoms. The average Bonchev–Trinajstić information content (AvgIpc) is 2.95. The van der Waals surface area contributed by atoms with Crippen LogP contribution >= 0.6 is 0 Å². The van der Waals surface area contributed by atoms with E-state index in [2.05, 4.69) is 0 Å². The summed E-state index contributed by atoms with van der Waals surface area (Å²) < 4.78 is 32.8. The van der Waals surface area contributed by atoms with E-state index >= 15 is 0 Å². The van der Waals surface area contributed by atoms with E-state index in [1.54, 1.807) is 0 Å². The number of aromatic hydroxyl groups is 3. The Balaban J connectivity index is 2.32. The normalized spacial score (nSPS) is 27.9. The summed E-state index contributed by atoms with van der Waals surface area (Å²) in [4.78, 5) is 0. The Morgan fingerprint density at radius 3 is 1.95 bits per heavy atom. The summed E-state index contributed by atoms with van der Waals surface area (Å²) >= 11 is 0. The SMILES string of the molecule is CCCCO[C@@H]1O[C@H](CO)[C@](O)(c2cc(O)c(O)c(OC)c2)[C@](O)(COC)[C@]1(O)Cc1cc(OC)c(O)c(OC)c1. The molecule has 0 aromatic heterocycles. The number of unbranched alkanes of at least 4 members (excludes halogenated alkanes) is 1. The number of aliphatic hydroxyl groups excluding tert-OH is 1. The predicted molar refractivity (Wildman–Crippen MR) is 144 cm³/mol. The van der Waals surface area contributed by atoms with Crippen molar-refractivity contribution in [1.29, 1.82) is 0 Å². The molecule has 1 aliphatic rings. The Kier molecular flexibility index (Phi) is 10.2. The van der Waals surface area contributed by atoms with Crippen molar-refractivity contribution in [2.45, 2.75) is 55.4 Å². The maximum Gasteiger partial charge on any atom is 0.200 e. The van der Waals surface area contributed by atoms with Crippen LogP contribution in [0.3, 0.4) is 0 Å². The Morgan fingerprint density at radius 2 is 1.44 bits per heavy atom. The number of rotatable bonds is 13. The first-order valence-corrected chi connectivity index (χ1v) is 13.0. The topological polar surface area (TPSA) is 197 Å². The van der Waals surface area contributed by atoms with Crippen molar-refractivity contribution < 1.29 is 64.2 Å². The van der Waals surface area contributed by atoms with E-state index in [4.69, 9.17) is 28.4 Å². The summed E-state index contributed by atoms with van der Waals surface area (Å²) in [6, 6.07) is 4.89. The minimum absolute atomic E-state index is 0.00935. The van der Waals surface area contributed by atoms with E-state index in [-0.39, 0.29) is 40.7 Å². The number of ether oxygens (including phenoxy) is 6. The zero-order valence-electron chi connectivity index (χ0n) is 23.8. The molecule has 7 N–H and O–H groups in total. The Morgan fingerprint density at radius 1 is 0.854 bits per heavy atom. The van der Waals surface area contributed by atoms with Gasteiger partial charge in [-0.1, -0.05) is 13.3 Å². The van der Waals surface area contributed by atoms with Gasteiger partial charge in [0, 0.05) is 20.1 Å². The highest BCUT2D eigenvalue weighted by Crippen LogP contribution is 2.54. The molecule has 13 nitrogen and oxygen atoms in total. The molecular weight excluding hydrogens is 544 g/mol. The third kappa shape index (κ3) is 5.46. The molecule has 13 heteroatoms. The number of phenolic OH excluding ortho intramolecular Hbond substituents is 3. The third-order valence-corrected chi connectivity index (χ3v) is 7.50. The molecule has 1 aliphatic heterocycles. The highest BCUT2D eigenvalue weighted by Gasteiger charge is 2.73. The van der Waals surface area contributed by atoms with Crippen LogP contribution in [0, 0.1) is 0 Å². The molecule has 2 aromatic carbocycles. The van der Waals surface area contributed by atoms with Crippen molar-refractivity contribution in [3.8, 4) is 34.5 Å². The van der Waals surface area contributed by atoms with Crippen LogP contribution in [0.2, 0.25) is 0 Å². The molecular formula is C28H40O13. The minimum atomic E-state index is -2.72. The summed E-state index contributed by atoms with van der Waals surface area (Å²) in [6.07, 6.45) is -2.42. The molecule has 0 unspecified atom stereocenters. The van der Waals surface area contributed by atoms with Gasteiger partial charge in [-0.25, -0.2) is 0 Å². The molecule has 1 heterocycles. The molecule has 3 rings (SSSR count).